The highest BCUT2D eigenvalue weighted by molar-refractivity contribution is 5.66. The fraction of sp³-hybridized carbons (Fsp3) is 0.886. The topological polar surface area (TPSA) is 65.1 Å². The van der Waals surface area contributed by atoms with E-state index in [2.05, 4.69) is 31.4 Å². The molecule has 0 bridgehead atoms. The van der Waals surface area contributed by atoms with Crippen molar-refractivity contribution in [2.75, 3.05) is 45.9 Å². The van der Waals surface area contributed by atoms with Gasteiger partial charge in [-0.15, -0.1) is 0 Å². The summed E-state index contributed by atoms with van der Waals surface area (Å²) in [5.41, 5.74) is 0.264. The van der Waals surface area contributed by atoms with E-state index in [1.807, 2.05) is 0 Å². The van der Waals surface area contributed by atoms with Crippen LogP contribution in [0.3, 0.4) is 0 Å². The number of fused-ring (bicyclic) bond motifs is 5. The van der Waals surface area contributed by atoms with Crippen molar-refractivity contribution in [2.24, 2.45) is 34.5 Å². The smallest absolute Gasteiger partial charge is 0.303 e. The Morgan fingerprint density at radius 1 is 0.952 bits per heavy atom. The summed E-state index contributed by atoms with van der Waals surface area (Å²) in [6, 6.07) is 0.637. The molecule has 6 rings (SSSR count). The molecule has 6 aliphatic rings. The van der Waals surface area contributed by atoms with Gasteiger partial charge in [-0.1, -0.05) is 20.4 Å². The van der Waals surface area contributed by atoms with Crippen molar-refractivity contribution in [3.05, 3.63) is 12.7 Å². The highest BCUT2D eigenvalue weighted by atomic mass is 16.5. The number of esters is 2. The number of rotatable bonds is 6. The number of carbonyl (C=O) groups is 2. The molecule has 2 saturated heterocycles. The second-order valence-electron chi connectivity index (χ2n) is 15.5. The lowest BCUT2D eigenvalue weighted by molar-refractivity contribution is -0.952. The molecule has 42 heavy (non-hydrogen) atoms. The summed E-state index contributed by atoms with van der Waals surface area (Å²) in [5, 5.41) is 0. The van der Waals surface area contributed by atoms with Crippen LogP contribution in [0.1, 0.15) is 91.9 Å². The lowest BCUT2D eigenvalue weighted by Gasteiger charge is -2.62. The average molecular weight is 586 g/mol. The molecule has 2 heterocycles. The molecule has 4 aliphatic carbocycles. The molecular formula is C35H57N2O5+. The minimum Gasteiger partial charge on any atom is -0.461 e. The molecule has 0 aromatic heterocycles. The van der Waals surface area contributed by atoms with E-state index in [-0.39, 0.29) is 41.0 Å². The summed E-state index contributed by atoms with van der Waals surface area (Å²) in [6.07, 6.45) is 14.0. The van der Waals surface area contributed by atoms with Gasteiger partial charge in [-0.3, -0.25) is 14.5 Å². The number of carbonyl (C=O) groups excluding carboxylic acids is 2. The predicted octanol–water partition coefficient (Wildman–Crippen LogP) is 5.37. The number of piperidine rings is 1. The zero-order valence-corrected chi connectivity index (χ0v) is 26.9. The standard InChI is InChI=1S/C35H57N2O5/c1-6-16-37(17-8-7-9-18-37)31-22-29-27-11-10-26-21-32(41-24(2)38)30(36-14-19-40-20-15-36)23-35(26,5)28(27)12-13-34(29,4)33(31)42-25(3)39/h6,26-33H,1,7-23H2,2-5H3/q+1/t26-,27?,28?,29?,30-,31-,32-,33-,34-,35-/m0/s1. The van der Waals surface area contributed by atoms with Gasteiger partial charge >= 0.3 is 11.9 Å². The molecule has 0 aromatic carbocycles. The fourth-order valence-electron chi connectivity index (χ4n) is 11.8. The first kappa shape index (κ1) is 30.6. The Morgan fingerprint density at radius 2 is 1.67 bits per heavy atom. The van der Waals surface area contributed by atoms with Crippen LogP contribution in [0, 0.1) is 34.5 Å². The van der Waals surface area contributed by atoms with Crippen LogP contribution < -0.4 is 0 Å². The Labute approximate surface area is 254 Å². The van der Waals surface area contributed by atoms with E-state index in [1.165, 1.54) is 58.0 Å². The van der Waals surface area contributed by atoms with Crippen molar-refractivity contribution in [3.63, 3.8) is 0 Å². The zero-order chi connectivity index (χ0) is 29.7. The van der Waals surface area contributed by atoms with E-state index in [9.17, 15) is 9.59 Å². The van der Waals surface area contributed by atoms with E-state index in [4.69, 9.17) is 14.2 Å². The molecular weight excluding hydrogens is 528 g/mol. The van der Waals surface area contributed by atoms with Crippen molar-refractivity contribution in [1.29, 1.82) is 0 Å². The molecule has 0 amide bonds. The maximum Gasteiger partial charge on any atom is 0.303 e. The van der Waals surface area contributed by atoms with Crippen LogP contribution in [-0.2, 0) is 23.8 Å². The number of ether oxygens (including phenoxy) is 3. The van der Waals surface area contributed by atoms with Crippen molar-refractivity contribution >= 4 is 11.9 Å². The van der Waals surface area contributed by atoms with Gasteiger partial charge in [-0.25, -0.2) is 0 Å². The zero-order valence-electron chi connectivity index (χ0n) is 26.9. The molecule has 2 aliphatic heterocycles. The molecule has 0 N–H and O–H groups in total. The van der Waals surface area contributed by atoms with Gasteiger partial charge in [0.25, 0.3) is 0 Å². The number of likely N-dealkylation sites (tertiary alicyclic amines) is 1. The second kappa shape index (κ2) is 11.8. The van der Waals surface area contributed by atoms with Crippen LogP contribution in [0.4, 0.5) is 0 Å². The number of morpholine rings is 1. The maximum atomic E-state index is 12.6. The molecule has 4 saturated carbocycles. The molecule has 0 spiro atoms. The van der Waals surface area contributed by atoms with Gasteiger partial charge in [-0.2, -0.15) is 0 Å². The third kappa shape index (κ3) is 5.17. The van der Waals surface area contributed by atoms with Gasteiger partial charge in [0, 0.05) is 44.8 Å². The Morgan fingerprint density at radius 3 is 2.33 bits per heavy atom. The Balaban J connectivity index is 1.31. The first-order valence-corrected chi connectivity index (χ1v) is 17.2. The monoisotopic (exact) mass is 585 g/mol. The van der Waals surface area contributed by atoms with Crippen molar-refractivity contribution in [1.82, 2.24) is 4.90 Å². The normalized spacial score (nSPS) is 45.1. The van der Waals surface area contributed by atoms with Crippen LogP contribution in [0.25, 0.3) is 0 Å². The van der Waals surface area contributed by atoms with Gasteiger partial charge in [-0.05, 0) is 93.0 Å². The maximum absolute atomic E-state index is 12.6. The number of quaternary nitrogens is 1. The summed E-state index contributed by atoms with van der Waals surface area (Å²) in [5.74, 6) is 2.24. The van der Waals surface area contributed by atoms with Crippen LogP contribution in [-0.4, -0.2) is 91.6 Å². The summed E-state index contributed by atoms with van der Waals surface area (Å²) >= 11 is 0. The third-order valence-electron chi connectivity index (χ3n) is 13.6. The summed E-state index contributed by atoms with van der Waals surface area (Å²) in [4.78, 5) is 27.4. The minimum absolute atomic E-state index is 0.00895. The van der Waals surface area contributed by atoms with Gasteiger partial charge in [0.05, 0.1) is 32.8 Å². The summed E-state index contributed by atoms with van der Waals surface area (Å²) in [6.45, 7) is 19.2. The van der Waals surface area contributed by atoms with Gasteiger partial charge in [0.2, 0.25) is 0 Å². The predicted molar refractivity (Wildman–Crippen MR) is 162 cm³/mol. The van der Waals surface area contributed by atoms with Crippen LogP contribution in [0.5, 0.6) is 0 Å². The number of hydrogen-bond donors (Lipinski definition) is 0. The average Bonchev–Trinajstić information content (AvgIpc) is 3.26. The number of hydrogen-bond acceptors (Lipinski definition) is 6. The van der Waals surface area contributed by atoms with Gasteiger partial charge < -0.3 is 18.7 Å². The first-order valence-electron chi connectivity index (χ1n) is 17.2. The molecule has 6 fully saturated rings. The lowest BCUT2D eigenvalue weighted by atomic mass is 9.44. The first-order chi connectivity index (χ1) is 20.1. The summed E-state index contributed by atoms with van der Waals surface area (Å²) in [7, 11) is 0. The van der Waals surface area contributed by atoms with E-state index in [0.717, 1.165) is 56.6 Å². The van der Waals surface area contributed by atoms with Crippen LogP contribution in [0.15, 0.2) is 12.7 Å². The lowest BCUT2D eigenvalue weighted by Crippen LogP contribution is -2.63. The molecule has 0 aromatic rings. The highest BCUT2D eigenvalue weighted by Gasteiger charge is 2.67. The highest BCUT2D eigenvalue weighted by Crippen LogP contribution is 2.67. The van der Waals surface area contributed by atoms with Crippen LogP contribution >= 0.6 is 0 Å². The summed E-state index contributed by atoms with van der Waals surface area (Å²) < 4.78 is 19.3. The third-order valence-corrected chi connectivity index (χ3v) is 13.6. The van der Waals surface area contributed by atoms with Crippen molar-refractivity contribution in [3.8, 4) is 0 Å². The van der Waals surface area contributed by atoms with Crippen LogP contribution in [0.2, 0.25) is 0 Å². The quantitative estimate of drug-likeness (QED) is 0.237. The van der Waals surface area contributed by atoms with Gasteiger partial charge in [0.15, 0.2) is 6.10 Å². The number of nitrogens with zero attached hydrogens (tertiary/aromatic N) is 2. The Bertz CT molecular complexity index is 1020. The van der Waals surface area contributed by atoms with Gasteiger partial charge in [0.1, 0.15) is 12.1 Å². The van der Waals surface area contributed by atoms with E-state index < -0.39 is 0 Å². The Kier molecular flexibility index (Phi) is 8.60. The molecule has 7 heteroatoms. The second-order valence-corrected chi connectivity index (χ2v) is 15.5. The molecule has 10 atom stereocenters. The fourth-order valence-corrected chi connectivity index (χ4v) is 11.8. The minimum atomic E-state index is -0.146. The van der Waals surface area contributed by atoms with Crippen molar-refractivity contribution in [2.45, 2.75) is 116 Å². The molecule has 3 unspecified atom stereocenters. The largest absolute Gasteiger partial charge is 0.461 e. The Hall–Kier alpha value is -1.44. The SMILES string of the molecule is C=CC[N+]1([C@H]2CC3C4CC[C@H]5C[C@H](OC(C)=O)[C@@H](N6CCOCC6)C[C@]5(C)C4CC[C@]3(C)[C@H]2OC(C)=O)CCCCC1. The van der Waals surface area contributed by atoms with E-state index >= 15 is 0 Å². The molecule has 7 nitrogen and oxygen atoms in total. The molecule has 236 valence electrons. The molecule has 0 radical (unpaired) electrons. The van der Waals surface area contributed by atoms with E-state index in [0.29, 0.717) is 29.7 Å². The van der Waals surface area contributed by atoms with E-state index in [1.54, 1.807) is 13.8 Å². The van der Waals surface area contributed by atoms with Crippen molar-refractivity contribution < 1.29 is 28.3 Å².